The van der Waals surface area contributed by atoms with Gasteiger partial charge < -0.3 is 15.2 Å². The average molecular weight is 321 g/mol. The minimum absolute atomic E-state index is 0.554. The summed E-state index contributed by atoms with van der Waals surface area (Å²) in [5.41, 5.74) is 2.08. The lowest BCUT2D eigenvalue weighted by molar-refractivity contribution is 0.374. The van der Waals surface area contributed by atoms with Gasteiger partial charge in [-0.1, -0.05) is 41.9 Å². The van der Waals surface area contributed by atoms with Crippen LogP contribution in [0.3, 0.4) is 0 Å². The molecule has 2 aromatic rings. The number of nitrogens with one attached hydrogen (secondary N) is 2. The fourth-order valence-electron chi connectivity index (χ4n) is 2.01. The highest BCUT2D eigenvalue weighted by Gasteiger charge is 2.04. The van der Waals surface area contributed by atoms with Crippen LogP contribution in [0.4, 0.5) is 0 Å². The molecular weight excluding hydrogens is 300 g/mol. The molecule has 0 aliphatic heterocycles. The summed E-state index contributed by atoms with van der Waals surface area (Å²) in [7, 11) is 1.74. The van der Waals surface area contributed by atoms with E-state index in [0.29, 0.717) is 6.54 Å². The number of hydrogen-bond acceptors (Lipinski definition) is 3. The van der Waals surface area contributed by atoms with Crippen LogP contribution in [0.2, 0.25) is 5.02 Å². The van der Waals surface area contributed by atoms with Gasteiger partial charge >= 0.3 is 0 Å². The Morgan fingerprint density at radius 1 is 1.32 bits per heavy atom. The lowest BCUT2D eigenvalue weighted by Crippen LogP contribution is -2.37. The van der Waals surface area contributed by atoms with Crippen LogP contribution in [0.25, 0.3) is 0 Å². The van der Waals surface area contributed by atoms with Crippen LogP contribution >= 0.6 is 11.6 Å². The Morgan fingerprint density at radius 2 is 2.14 bits per heavy atom. The Morgan fingerprint density at radius 3 is 2.82 bits per heavy atom. The Kier molecular flexibility index (Phi) is 6.27. The molecule has 2 rings (SSSR count). The van der Waals surface area contributed by atoms with Crippen LogP contribution in [0.15, 0.2) is 39.8 Å². The van der Waals surface area contributed by atoms with Gasteiger partial charge in [0.15, 0.2) is 11.7 Å². The maximum atomic E-state index is 6.14. The molecule has 0 amide bonds. The van der Waals surface area contributed by atoms with Crippen molar-refractivity contribution in [2.24, 2.45) is 4.99 Å². The molecule has 1 heterocycles. The number of rotatable bonds is 6. The molecule has 0 aliphatic rings. The van der Waals surface area contributed by atoms with Gasteiger partial charge in [-0.15, -0.1) is 0 Å². The minimum Gasteiger partial charge on any atom is -0.359 e. The largest absolute Gasteiger partial charge is 0.359 e. The summed E-state index contributed by atoms with van der Waals surface area (Å²) in [6, 6.07) is 9.80. The van der Waals surface area contributed by atoms with E-state index in [2.05, 4.69) is 20.8 Å². The minimum atomic E-state index is 0.554. The van der Waals surface area contributed by atoms with Crippen molar-refractivity contribution >= 4 is 17.6 Å². The second-order valence-electron chi connectivity index (χ2n) is 4.83. The van der Waals surface area contributed by atoms with E-state index in [1.165, 1.54) is 0 Å². The molecule has 22 heavy (non-hydrogen) atoms. The topological polar surface area (TPSA) is 62.5 Å². The summed E-state index contributed by atoms with van der Waals surface area (Å²) in [4.78, 5) is 4.18. The predicted molar refractivity (Wildman–Crippen MR) is 89.2 cm³/mol. The van der Waals surface area contributed by atoms with E-state index < -0.39 is 0 Å². The Bertz CT molecular complexity index is 624. The Balaban J connectivity index is 1.77. The zero-order valence-electron chi connectivity index (χ0n) is 12.9. The van der Waals surface area contributed by atoms with Gasteiger partial charge in [0.2, 0.25) is 0 Å². The molecule has 0 saturated carbocycles. The van der Waals surface area contributed by atoms with Gasteiger partial charge in [-0.2, -0.15) is 0 Å². The number of benzene rings is 1. The van der Waals surface area contributed by atoms with E-state index in [0.717, 1.165) is 47.4 Å². The van der Waals surface area contributed by atoms with Crippen LogP contribution in [-0.2, 0) is 19.4 Å². The van der Waals surface area contributed by atoms with Crippen LogP contribution in [0.1, 0.15) is 23.9 Å². The molecule has 0 fully saturated rings. The SMILES string of the molecule is CCc1cc(CNC(=NC)NCCc2ccccc2Cl)on1. The Labute approximate surface area is 135 Å². The molecule has 6 heteroatoms. The number of nitrogens with zero attached hydrogens (tertiary/aromatic N) is 2. The molecule has 0 atom stereocenters. The van der Waals surface area contributed by atoms with E-state index in [1.54, 1.807) is 7.05 Å². The highest BCUT2D eigenvalue weighted by molar-refractivity contribution is 6.31. The van der Waals surface area contributed by atoms with Crippen molar-refractivity contribution < 1.29 is 4.52 Å². The van der Waals surface area contributed by atoms with E-state index in [1.807, 2.05) is 37.3 Å². The van der Waals surface area contributed by atoms with E-state index >= 15 is 0 Å². The smallest absolute Gasteiger partial charge is 0.191 e. The molecule has 0 radical (unpaired) electrons. The highest BCUT2D eigenvalue weighted by atomic mass is 35.5. The predicted octanol–water partition coefficient (Wildman–Crippen LogP) is 2.80. The maximum absolute atomic E-state index is 6.14. The number of hydrogen-bond donors (Lipinski definition) is 2. The first-order valence-corrected chi connectivity index (χ1v) is 7.73. The molecule has 118 valence electrons. The molecule has 2 N–H and O–H groups in total. The van der Waals surface area contributed by atoms with E-state index in [9.17, 15) is 0 Å². The molecule has 0 unspecified atom stereocenters. The molecule has 0 spiro atoms. The fourth-order valence-corrected chi connectivity index (χ4v) is 2.24. The standard InChI is InChI=1S/C16H21ClN4O/c1-3-13-10-14(22-21-13)11-20-16(18-2)19-9-8-12-6-4-5-7-15(12)17/h4-7,10H,3,8-9,11H2,1-2H3,(H2,18,19,20). The summed E-state index contributed by atoms with van der Waals surface area (Å²) < 4.78 is 5.23. The van der Waals surface area contributed by atoms with Crippen LogP contribution in [0, 0.1) is 0 Å². The monoisotopic (exact) mass is 320 g/mol. The maximum Gasteiger partial charge on any atom is 0.191 e. The zero-order valence-corrected chi connectivity index (χ0v) is 13.7. The number of aromatic nitrogens is 1. The summed E-state index contributed by atoms with van der Waals surface area (Å²) in [6.45, 7) is 3.35. The van der Waals surface area contributed by atoms with E-state index in [4.69, 9.17) is 16.1 Å². The number of aliphatic imine (C=N–C) groups is 1. The number of aryl methyl sites for hydroxylation is 1. The van der Waals surface area contributed by atoms with Gasteiger partial charge in [0.1, 0.15) is 0 Å². The third kappa shape index (κ3) is 4.77. The molecule has 1 aromatic carbocycles. The van der Waals surface area contributed by atoms with Gasteiger partial charge in [-0.3, -0.25) is 4.99 Å². The van der Waals surface area contributed by atoms with Crippen LogP contribution in [0.5, 0.6) is 0 Å². The molecule has 1 aromatic heterocycles. The van der Waals surface area contributed by atoms with Gasteiger partial charge in [-0.05, 0) is 24.5 Å². The van der Waals surface area contributed by atoms with Crippen molar-refractivity contribution in [3.8, 4) is 0 Å². The normalized spacial score (nSPS) is 11.5. The zero-order chi connectivity index (χ0) is 15.8. The van der Waals surface area contributed by atoms with Crippen molar-refractivity contribution in [1.29, 1.82) is 0 Å². The molecule has 5 nitrogen and oxygen atoms in total. The Hall–Kier alpha value is -2.01. The highest BCUT2D eigenvalue weighted by Crippen LogP contribution is 2.14. The third-order valence-electron chi connectivity index (χ3n) is 3.27. The second kappa shape index (κ2) is 8.44. The summed E-state index contributed by atoms with van der Waals surface area (Å²) >= 11 is 6.14. The van der Waals surface area contributed by atoms with Gasteiger partial charge in [-0.25, -0.2) is 0 Å². The summed E-state index contributed by atoms with van der Waals surface area (Å²) in [5.74, 6) is 1.52. The summed E-state index contributed by atoms with van der Waals surface area (Å²) in [6.07, 6.45) is 1.71. The second-order valence-corrected chi connectivity index (χ2v) is 5.24. The third-order valence-corrected chi connectivity index (χ3v) is 3.64. The van der Waals surface area contributed by atoms with Gasteiger partial charge in [0, 0.05) is 24.7 Å². The number of halogens is 1. The van der Waals surface area contributed by atoms with Gasteiger partial charge in [0.25, 0.3) is 0 Å². The summed E-state index contributed by atoms with van der Waals surface area (Å²) in [5, 5.41) is 11.2. The first kappa shape index (κ1) is 16.4. The average Bonchev–Trinajstić information content (AvgIpc) is 3.00. The van der Waals surface area contributed by atoms with Gasteiger partial charge in [0.05, 0.1) is 12.2 Å². The molecule has 0 saturated heterocycles. The van der Waals surface area contributed by atoms with Crippen molar-refractivity contribution in [3.63, 3.8) is 0 Å². The first-order valence-electron chi connectivity index (χ1n) is 7.35. The molecular formula is C16H21ClN4O. The molecule has 0 bridgehead atoms. The van der Waals surface area contributed by atoms with Crippen molar-refractivity contribution in [2.45, 2.75) is 26.3 Å². The van der Waals surface area contributed by atoms with Crippen molar-refractivity contribution in [1.82, 2.24) is 15.8 Å². The lowest BCUT2D eigenvalue weighted by atomic mass is 10.1. The van der Waals surface area contributed by atoms with E-state index in [-0.39, 0.29) is 0 Å². The number of guanidine groups is 1. The fraction of sp³-hybridized carbons (Fsp3) is 0.375. The lowest BCUT2D eigenvalue weighted by Gasteiger charge is -2.11. The first-order chi connectivity index (χ1) is 10.7. The van der Waals surface area contributed by atoms with Crippen LogP contribution in [-0.4, -0.2) is 24.7 Å². The quantitative estimate of drug-likeness (QED) is 0.634. The molecule has 0 aliphatic carbocycles. The van der Waals surface area contributed by atoms with Crippen molar-refractivity contribution in [3.05, 3.63) is 52.4 Å². The van der Waals surface area contributed by atoms with Crippen LogP contribution < -0.4 is 10.6 Å². The van der Waals surface area contributed by atoms with Crippen molar-refractivity contribution in [2.75, 3.05) is 13.6 Å².